The molecule has 4 rings (SSSR count). The molecule has 0 aliphatic carbocycles. The Hall–Kier alpha value is -3.06. The lowest BCUT2D eigenvalue weighted by Gasteiger charge is -2.34. The second-order valence-corrected chi connectivity index (χ2v) is 7.10. The summed E-state index contributed by atoms with van der Waals surface area (Å²) in [7, 11) is 3.20. The fourth-order valence-electron chi connectivity index (χ4n) is 3.78. The number of nitrogens with one attached hydrogen (secondary N) is 1. The van der Waals surface area contributed by atoms with Crippen LogP contribution in [0.4, 0.5) is 4.39 Å². The van der Waals surface area contributed by atoms with Gasteiger partial charge in [0.25, 0.3) is 5.91 Å². The number of ether oxygens (including phenoxy) is 2. The van der Waals surface area contributed by atoms with Gasteiger partial charge in [0, 0.05) is 43.7 Å². The number of methoxy groups -OCH3 is 2. The smallest absolute Gasteiger partial charge is 0.270 e. The van der Waals surface area contributed by atoms with Crippen LogP contribution in [0.1, 0.15) is 16.1 Å². The molecule has 29 heavy (non-hydrogen) atoms. The molecule has 0 unspecified atom stereocenters. The summed E-state index contributed by atoms with van der Waals surface area (Å²) in [4.78, 5) is 20.2. The Morgan fingerprint density at radius 1 is 1.03 bits per heavy atom. The van der Waals surface area contributed by atoms with Crippen molar-refractivity contribution < 1.29 is 18.7 Å². The van der Waals surface area contributed by atoms with Crippen molar-refractivity contribution >= 4 is 16.8 Å². The second-order valence-electron chi connectivity index (χ2n) is 7.10. The lowest BCUT2D eigenvalue weighted by molar-refractivity contribution is 0.0622. The van der Waals surface area contributed by atoms with Crippen LogP contribution < -0.4 is 9.47 Å². The van der Waals surface area contributed by atoms with Gasteiger partial charge in [0.1, 0.15) is 23.0 Å². The zero-order chi connectivity index (χ0) is 20.4. The molecule has 1 amide bonds. The van der Waals surface area contributed by atoms with Crippen LogP contribution in [0.5, 0.6) is 11.5 Å². The van der Waals surface area contributed by atoms with Gasteiger partial charge in [-0.1, -0.05) is 18.2 Å². The van der Waals surface area contributed by atoms with Gasteiger partial charge in [0.15, 0.2) is 0 Å². The van der Waals surface area contributed by atoms with Gasteiger partial charge in [-0.05, 0) is 24.3 Å². The molecule has 1 aliphatic heterocycles. The number of hydrogen-bond donors (Lipinski definition) is 1. The molecule has 6 nitrogen and oxygen atoms in total. The van der Waals surface area contributed by atoms with Crippen molar-refractivity contribution in [2.75, 3.05) is 40.4 Å². The molecule has 1 fully saturated rings. The number of halogens is 1. The maximum Gasteiger partial charge on any atom is 0.270 e. The molecular formula is C22H24FN3O3. The summed E-state index contributed by atoms with van der Waals surface area (Å²) in [5.41, 5.74) is 1.93. The fraction of sp³-hybridized carbons (Fsp3) is 0.318. The number of fused-ring (bicyclic) bond motifs is 1. The maximum atomic E-state index is 13.9. The minimum atomic E-state index is -0.188. The van der Waals surface area contributed by atoms with Crippen LogP contribution in [-0.4, -0.2) is 61.1 Å². The number of piperazine rings is 1. The molecule has 1 aliphatic rings. The van der Waals surface area contributed by atoms with E-state index in [1.54, 1.807) is 26.4 Å². The highest BCUT2D eigenvalue weighted by Gasteiger charge is 2.24. The lowest BCUT2D eigenvalue weighted by atomic mass is 10.2. The van der Waals surface area contributed by atoms with Crippen molar-refractivity contribution in [1.82, 2.24) is 14.8 Å². The minimum Gasteiger partial charge on any atom is -0.496 e. The fourth-order valence-corrected chi connectivity index (χ4v) is 3.78. The predicted molar refractivity (Wildman–Crippen MR) is 109 cm³/mol. The predicted octanol–water partition coefficient (Wildman–Crippen LogP) is 3.28. The summed E-state index contributed by atoms with van der Waals surface area (Å²) in [6.07, 6.45) is 0. The first-order valence-electron chi connectivity index (χ1n) is 9.59. The number of carbonyl (C=O) groups is 1. The largest absolute Gasteiger partial charge is 0.496 e. The van der Waals surface area contributed by atoms with Gasteiger partial charge >= 0.3 is 0 Å². The van der Waals surface area contributed by atoms with Gasteiger partial charge in [0.05, 0.1) is 19.7 Å². The highest BCUT2D eigenvalue weighted by Crippen LogP contribution is 2.33. The number of amides is 1. The molecule has 1 N–H and O–H groups in total. The normalized spacial score (nSPS) is 14.9. The number of benzene rings is 2. The molecule has 1 aromatic heterocycles. The molecule has 2 heterocycles. The van der Waals surface area contributed by atoms with E-state index in [-0.39, 0.29) is 11.7 Å². The van der Waals surface area contributed by atoms with Gasteiger partial charge in [-0.3, -0.25) is 9.69 Å². The van der Waals surface area contributed by atoms with Crippen LogP contribution in [0.25, 0.3) is 10.9 Å². The highest BCUT2D eigenvalue weighted by molar-refractivity contribution is 6.01. The summed E-state index contributed by atoms with van der Waals surface area (Å²) < 4.78 is 24.7. The van der Waals surface area contributed by atoms with Gasteiger partial charge in [-0.15, -0.1) is 0 Å². The number of H-pyrrole nitrogens is 1. The Morgan fingerprint density at radius 2 is 1.72 bits per heavy atom. The van der Waals surface area contributed by atoms with Crippen molar-refractivity contribution in [2.45, 2.75) is 6.54 Å². The van der Waals surface area contributed by atoms with Crippen molar-refractivity contribution in [3.63, 3.8) is 0 Å². The van der Waals surface area contributed by atoms with Crippen LogP contribution in [0.3, 0.4) is 0 Å². The van der Waals surface area contributed by atoms with Gasteiger partial charge in [0.2, 0.25) is 0 Å². The topological polar surface area (TPSA) is 57.8 Å². The summed E-state index contributed by atoms with van der Waals surface area (Å²) in [6, 6.07) is 12.3. The summed E-state index contributed by atoms with van der Waals surface area (Å²) in [6.45, 7) is 3.14. The molecular weight excluding hydrogens is 373 g/mol. The second kappa shape index (κ2) is 8.13. The molecule has 1 saturated heterocycles. The first-order chi connectivity index (χ1) is 14.1. The molecule has 152 valence electrons. The Balaban J connectivity index is 1.46. The van der Waals surface area contributed by atoms with E-state index in [0.717, 1.165) is 10.9 Å². The van der Waals surface area contributed by atoms with E-state index in [9.17, 15) is 9.18 Å². The Morgan fingerprint density at radius 3 is 2.41 bits per heavy atom. The lowest BCUT2D eigenvalue weighted by Crippen LogP contribution is -2.48. The van der Waals surface area contributed by atoms with Gasteiger partial charge in [-0.2, -0.15) is 0 Å². The third kappa shape index (κ3) is 3.78. The molecule has 0 spiro atoms. The average molecular weight is 397 g/mol. The summed E-state index contributed by atoms with van der Waals surface area (Å²) >= 11 is 0. The van der Waals surface area contributed by atoms with E-state index in [0.29, 0.717) is 55.5 Å². The molecule has 7 heteroatoms. The van der Waals surface area contributed by atoms with E-state index in [1.807, 2.05) is 29.2 Å². The average Bonchev–Trinajstić information content (AvgIpc) is 3.20. The first kappa shape index (κ1) is 19.3. The third-order valence-corrected chi connectivity index (χ3v) is 5.40. The summed E-state index contributed by atoms with van der Waals surface area (Å²) in [5.74, 6) is 1.10. The van der Waals surface area contributed by atoms with Crippen LogP contribution in [0.2, 0.25) is 0 Å². The van der Waals surface area contributed by atoms with Crippen LogP contribution in [0, 0.1) is 5.82 Å². The van der Waals surface area contributed by atoms with E-state index < -0.39 is 0 Å². The Bertz CT molecular complexity index is 984. The van der Waals surface area contributed by atoms with Crippen molar-refractivity contribution in [1.29, 1.82) is 0 Å². The highest BCUT2D eigenvalue weighted by atomic mass is 19.1. The number of aromatic nitrogens is 1. The summed E-state index contributed by atoms with van der Waals surface area (Å²) in [5, 5.41) is 0.813. The molecule has 0 saturated carbocycles. The van der Waals surface area contributed by atoms with E-state index in [4.69, 9.17) is 9.47 Å². The molecule has 3 aromatic rings. The molecule has 2 aromatic carbocycles. The minimum absolute atomic E-state index is 0.0594. The maximum absolute atomic E-state index is 13.9. The van der Waals surface area contributed by atoms with Crippen molar-refractivity contribution in [2.24, 2.45) is 0 Å². The van der Waals surface area contributed by atoms with Crippen molar-refractivity contribution in [3.05, 3.63) is 59.5 Å². The molecule has 0 atom stereocenters. The van der Waals surface area contributed by atoms with Gasteiger partial charge in [-0.25, -0.2) is 4.39 Å². The molecule has 0 radical (unpaired) electrons. The number of aromatic amines is 1. The van der Waals surface area contributed by atoms with E-state index in [1.165, 1.54) is 6.07 Å². The van der Waals surface area contributed by atoms with E-state index in [2.05, 4.69) is 9.88 Å². The van der Waals surface area contributed by atoms with Gasteiger partial charge < -0.3 is 19.4 Å². The number of carbonyl (C=O) groups excluding carboxylic acids is 1. The van der Waals surface area contributed by atoms with Crippen LogP contribution >= 0.6 is 0 Å². The third-order valence-electron chi connectivity index (χ3n) is 5.40. The quantitative estimate of drug-likeness (QED) is 0.718. The first-order valence-corrected chi connectivity index (χ1v) is 9.59. The monoisotopic (exact) mass is 397 g/mol. The van der Waals surface area contributed by atoms with Crippen LogP contribution in [-0.2, 0) is 6.54 Å². The molecule has 0 bridgehead atoms. The zero-order valence-electron chi connectivity index (χ0n) is 16.6. The Kier molecular flexibility index (Phi) is 5.40. The Labute approximate surface area is 168 Å². The zero-order valence-corrected chi connectivity index (χ0v) is 16.6. The van der Waals surface area contributed by atoms with Crippen molar-refractivity contribution in [3.8, 4) is 11.5 Å². The van der Waals surface area contributed by atoms with E-state index >= 15 is 0 Å². The number of hydrogen-bond acceptors (Lipinski definition) is 4. The van der Waals surface area contributed by atoms with Crippen LogP contribution in [0.15, 0.2) is 42.5 Å². The number of rotatable bonds is 5. The SMILES string of the molecule is COc1ccc(OC)c2[nH]c(C(=O)N3CCN(Cc4ccccc4F)CC3)cc12. The number of nitrogens with zero attached hydrogens (tertiary/aromatic N) is 2. The standard InChI is InChI=1S/C22H24FN3O3/c1-28-19-7-8-20(29-2)21-16(19)13-18(24-21)22(27)26-11-9-25(10-12-26)14-15-5-3-4-6-17(15)23/h3-8,13,24H,9-12,14H2,1-2H3.